The molecule has 1 saturated carbocycles. The quantitative estimate of drug-likeness (QED) is 0.878. The molecule has 1 N–H and O–H groups in total. The van der Waals surface area contributed by atoms with Crippen LogP contribution in [0.15, 0.2) is 24.3 Å². The third-order valence-electron chi connectivity index (χ3n) is 4.34. The summed E-state index contributed by atoms with van der Waals surface area (Å²) in [5.41, 5.74) is 2.05. The van der Waals surface area contributed by atoms with Gasteiger partial charge in [-0.15, -0.1) is 0 Å². The van der Waals surface area contributed by atoms with Crippen LogP contribution in [-0.4, -0.2) is 24.4 Å². The lowest BCUT2D eigenvalue weighted by Gasteiger charge is -2.21. The molecule has 0 bridgehead atoms. The first-order valence-electron chi connectivity index (χ1n) is 8.16. The predicted octanol–water partition coefficient (Wildman–Crippen LogP) is 2.90. The summed E-state index contributed by atoms with van der Waals surface area (Å²) < 4.78 is 0. The second kappa shape index (κ2) is 6.95. The fraction of sp³-hybridized carbons (Fsp3) is 0.556. The van der Waals surface area contributed by atoms with Crippen LogP contribution in [0.1, 0.15) is 39.2 Å². The van der Waals surface area contributed by atoms with Crippen molar-refractivity contribution < 1.29 is 9.59 Å². The Bertz CT molecular complexity index is 556. The molecule has 0 heterocycles. The summed E-state index contributed by atoms with van der Waals surface area (Å²) in [5, 5.41) is 2.97. The highest BCUT2D eigenvalue weighted by molar-refractivity contribution is 6.01. The Morgan fingerprint density at radius 2 is 2.05 bits per heavy atom. The molecule has 1 aromatic rings. The van der Waals surface area contributed by atoms with Crippen molar-refractivity contribution in [1.29, 1.82) is 0 Å². The second-order valence-corrected chi connectivity index (χ2v) is 6.19. The summed E-state index contributed by atoms with van der Waals surface area (Å²) in [6, 6.07) is 8.10. The van der Waals surface area contributed by atoms with Crippen molar-refractivity contribution in [2.24, 2.45) is 11.8 Å². The Kier molecular flexibility index (Phi) is 5.22. The highest BCUT2D eigenvalue weighted by Gasteiger charge is 2.49. The zero-order valence-electron chi connectivity index (χ0n) is 13.9. The van der Waals surface area contributed by atoms with E-state index in [-0.39, 0.29) is 29.7 Å². The van der Waals surface area contributed by atoms with E-state index in [9.17, 15) is 9.59 Å². The summed E-state index contributed by atoms with van der Waals surface area (Å²) in [7, 11) is 0. The van der Waals surface area contributed by atoms with Crippen molar-refractivity contribution in [3.8, 4) is 0 Å². The molecular formula is C18H26N2O2. The smallest absolute Gasteiger partial charge is 0.230 e. The number of amides is 2. The maximum Gasteiger partial charge on any atom is 0.230 e. The van der Waals surface area contributed by atoms with Gasteiger partial charge in [0.2, 0.25) is 11.8 Å². The molecule has 0 saturated heterocycles. The highest BCUT2D eigenvalue weighted by Crippen LogP contribution is 2.41. The van der Waals surface area contributed by atoms with Gasteiger partial charge in [0.05, 0.1) is 11.8 Å². The van der Waals surface area contributed by atoms with Crippen molar-refractivity contribution in [3.05, 3.63) is 29.8 Å². The SMILES string of the molecule is CCC(C)NC(=O)C1CC1C(=O)N(CC)c1cccc(C)c1. The lowest BCUT2D eigenvalue weighted by molar-refractivity contribution is -0.126. The molecule has 0 radical (unpaired) electrons. The molecule has 0 spiro atoms. The molecule has 120 valence electrons. The van der Waals surface area contributed by atoms with Gasteiger partial charge in [-0.3, -0.25) is 9.59 Å². The molecule has 22 heavy (non-hydrogen) atoms. The first kappa shape index (κ1) is 16.5. The van der Waals surface area contributed by atoms with E-state index in [1.165, 1.54) is 0 Å². The molecule has 4 nitrogen and oxygen atoms in total. The maximum atomic E-state index is 12.7. The number of carbonyl (C=O) groups excluding carboxylic acids is 2. The molecule has 1 aliphatic rings. The number of hydrogen-bond donors (Lipinski definition) is 1. The molecule has 0 aromatic heterocycles. The number of rotatable bonds is 6. The minimum absolute atomic E-state index is 0.0213. The van der Waals surface area contributed by atoms with Crippen LogP contribution in [-0.2, 0) is 9.59 Å². The van der Waals surface area contributed by atoms with Gasteiger partial charge >= 0.3 is 0 Å². The van der Waals surface area contributed by atoms with Gasteiger partial charge in [-0.1, -0.05) is 19.1 Å². The molecule has 2 amide bonds. The molecule has 1 fully saturated rings. The standard InChI is InChI=1S/C18H26N2O2/c1-5-13(4)19-17(21)15-11-16(15)18(22)20(6-2)14-9-7-8-12(3)10-14/h7-10,13,15-16H,5-6,11H2,1-4H3,(H,19,21). The molecule has 1 aliphatic carbocycles. The Labute approximate surface area is 132 Å². The maximum absolute atomic E-state index is 12.7. The number of anilines is 1. The van der Waals surface area contributed by atoms with Gasteiger partial charge in [0.25, 0.3) is 0 Å². The predicted molar refractivity (Wildman–Crippen MR) is 88.7 cm³/mol. The third kappa shape index (κ3) is 3.67. The fourth-order valence-electron chi connectivity index (χ4n) is 2.67. The Morgan fingerprint density at radius 1 is 1.32 bits per heavy atom. The van der Waals surface area contributed by atoms with Crippen molar-refractivity contribution in [3.63, 3.8) is 0 Å². The zero-order valence-corrected chi connectivity index (χ0v) is 13.9. The number of hydrogen-bond acceptors (Lipinski definition) is 2. The molecule has 4 heteroatoms. The topological polar surface area (TPSA) is 49.4 Å². The van der Waals surface area contributed by atoms with E-state index in [0.29, 0.717) is 13.0 Å². The molecule has 3 unspecified atom stereocenters. The van der Waals surface area contributed by atoms with E-state index in [2.05, 4.69) is 5.32 Å². The van der Waals surface area contributed by atoms with E-state index < -0.39 is 0 Å². The zero-order chi connectivity index (χ0) is 16.3. The van der Waals surface area contributed by atoms with Gasteiger partial charge < -0.3 is 10.2 Å². The van der Waals surface area contributed by atoms with Gasteiger partial charge in [0.15, 0.2) is 0 Å². The lowest BCUT2D eigenvalue weighted by Crippen LogP contribution is -2.36. The lowest BCUT2D eigenvalue weighted by atomic mass is 10.2. The van der Waals surface area contributed by atoms with Crippen LogP contribution in [0, 0.1) is 18.8 Å². The van der Waals surface area contributed by atoms with Crippen LogP contribution in [0.5, 0.6) is 0 Å². The van der Waals surface area contributed by atoms with Crippen molar-refractivity contribution >= 4 is 17.5 Å². The summed E-state index contributed by atoms with van der Waals surface area (Å²) in [6.07, 6.45) is 1.57. The molecule has 2 rings (SSSR count). The fourth-order valence-corrected chi connectivity index (χ4v) is 2.67. The van der Waals surface area contributed by atoms with E-state index >= 15 is 0 Å². The number of aryl methyl sites for hydroxylation is 1. The first-order chi connectivity index (χ1) is 10.5. The minimum Gasteiger partial charge on any atom is -0.353 e. The summed E-state index contributed by atoms with van der Waals surface area (Å²) in [5.74, 6) is -0.227. The molecule has 1 aromatic carbocycles. The Balaban J connectivity index is 2.01. The van der Waals surface area contributed by atoms with Gasteiger partial charge in [0.1, 0.15) is 0 Å². The van der Waals surface area contributed by atoms with Gasteiger partial charge in [-0.05, 0) is 51.3 Å². The Morgan fingerprint density at radius 3 is 2.64 bits per heavy atom. The summed E-state index contributed by atoms with van der Waals surface area (Å²) >= 11 is 0. The second-order valence-electron chi connectivity index (χ2n) is 6.19. The van der Waals surface area contributed by atoms with Crippen molar-refractivity contribution in [2.45, 2.75) is 46.6 Å². The van der Waals surface area contributed by atoms with E-state index in [1.807, 2.05) is 52.0 Å². The Hall–Kier alpha value is -1.84. The molecule has 0 aliphatic heterocycles. The number of carbonyl (C=O) groups is 2. The van der Waals surface area contributed by atoms with E-state index in [1.54, 1.807) is 4.90 Å². The van der Waals surface area contributed by atoms with Gasteiger partial charge in [-0.25, -0.2) is 0 Å². The van der Waals surface area contributed by atoms with E-state index in [0.717, 1.165) is 17.7 Å². The molecule has 3 atom stereocenters. The largest absolute Gasteiger partial charge is 0.353 e. The van der Waals surface area contributed by atoms with E-state index in [4.69, 9.17) is 0 Å². The van der Waals surface area contributed by atoms with Crippen molar-refractivity contribution in [2.75, 3.05) is 11.4 Å². The van der Waals surface area contributed by atoms with Crippen LogP contribution in [0.25, 0.3) is 0 Å². The first-order valence-corrected chi connectivity index (χ1v) is 8.16. The monoisotopic (exact) mass is 302 g/mol. The average molecular weight is 302 g/mol. The molecular weight excluding hydrogens is 276 g/mol. The minimum atomic E-state index is -0.162. The number of nitrogens with zero attached hydrogens (tertiary/aromatic N) is 1. The van der Waals surface area contributed by atoms with Crippen molar-refractivity contribution in [1.82, 2.24) is 5.32 Å². The van der Waals surface area contributed by atoms with Crippen LogP contribution >= 0.6 is 0 Å². The van der Waals surface area contributed by atoms with Crippen LogP contribution in [0.3, 0.4) is 0 Å². The van der Waals surface area contributed by atoms with Crippen LogP contribution in [0.4, 0.5) is 5.69 Å². The average Bonchev–Trinajstić information content (AvgIpc) is 3.28. The third-order valence-corrected chi connectivity index (χ3v) is 4.34. The number of benzene rings is 1. The number of nitrogens with one attached hydrogen (secondary N) is 1. The highest BCUT2D eigenvalue weighted by atomic mass is 16.2. The summed E-state index contributed by atoms with van der Waals surface area (Å²) in [6.45, 7) is 8.63. The van der Waals surface area contributed by atoms with Crippen LogP contribution in [0.2, 0.25) is 0 Å². The summed E-state index contributed by atoms with van der Waals surface area (Å²) in [4.78, 5) is 26.6. The van der Waals surface area contributed by atoms with Gasteiger partial charge in [0, 0.05) is 18.3 Å². The van der Waals surface area contributed by atoms with Gasteiger partial charge in [-0.2, -0.15) is 0 Å². The normalized spacial score (nSPS) is 21.1. The van der Waals surface area contributed by atoms with Crippen LogP contribution < -0.4 is 10.2 Å².